The summed E-state index contributed by atoms with van der Waals surface area (Å²) in [5, 5.41) is 11.8. The van der Waals surface area contributed by atoms with Crippen molar-refractivity contribution >= 4 is 18.8 Å². The zero-order valence-electron chi connectivity index (χ0n) is 13.8. The van der Waals surface area contributed by atoms with Crippen molar-refractivity contribution in [1.82, 2.24) is 4.67 Å². The molecule has 0 amide bonds. The minimum absolute atomic E-state index is 0.284. The predicted octanol–water partition coefficient (Wildman–Crippen LogP) is 1.73. The van der Waals surface area contributed by atoms with Crippen molar-refractivity contribution in [3.05, 3.63) is 60.2 Å². The third-order valence-corrected chi connectivity index (χ3v) is 6.81. The first-order valence-corrected chi connectivity index (χ1v) is 9.53. The van der Waals surface area contributed by atoms with Crippen molar-refractivity contribution in [2.24, 2.45) is 0 Å². The second-order valence-corrected chi connectivity index (χ2v) is 8.07. The summed E-state index contributed by atoms with van der Waals surface area (Å²) in [4.78, 5) is 11.3. The highest BCUT2D eigenvalue weighted by atomic mass is 31.2. The number of hydrogen-bond donors (Lipinski definition) is 0. The Morgan fingerprint density at radius 2 is 1.92 bits per heavy atom. The molecule has 1 heterocycles. The molecule has 0 aliphatic carbocycles. The van der Waals surface area contributed by atoms with E-state index >= 15 is 0 Å². The summed E-state index contributed by atoms with van der Waals surface area (Å²) >= 11 is 0. The molecule has 1 fully saturated rings. The molecule has 0 saturated carbocycles. The zero-order valence-corrected chi connectivity index (χ0v) is 14.7. The Bertz CT molecular complexity index is 778. The van der Waals surface area contributed by atoms with Crippen molar-refractivity contribution in [2.45, 2.75) is 12.5 Å². The number of aliphatic carboxylic acids is 1. The SMILES string of the molecule is COc1ccc(P2(=O)OCCC(c3ccccc3)N2CC(=O)[O-])cc1. The van der Waals surface area contributed by atoms with Gasteiger partial charge in [0.2, 0.25) is 0 Å². The van der Waals surface area contributed by atoms with Crippen molar-refractivity contribution in [2.75, 3.05) is 20.3 Å². The maximum Gasteiger partial charge on any atom is 0.303 e. The number of carboxylic acids is 1. The third kappa shape index (κ3) is 3.61. The fourth-order valence-corrected chi connectivity index (χ4v) is 5.43. The van der Waals surface area contributed by atoms with Crippen molar-refractivity contribution in [3.63, 3.8) is 0 Å². The molecular formula is C18H19NO5P-. The van der Waals surface area contributed by atoms with E-state index in [-0.39, 0.29) is 12.6 Å². The van der Waals surface area contributed by atoms with Gasteiger partial charge in [0.05, 0.1) is 25.0 Å². The minimum Gasteiger partial charge on any atom is -0.549 e. The van der Waals surface area contributed by atoms with Gasteiger partial charge in [0.15, 0.2) is 0 Å². The summed E-state index contributed by atoms with van der Waals surface area (Å²) < 4.78 is 25.8. The lowest BCUT2D eigenvalue weighted by molar-refractivity contribution is -0.305. The van der Waals surface area contributed by atoms with E-state index in [0.29, 0.717) is 17.5 Å². The van der Waals surface area contributed by atoms with Gasteiger partial charge < -0.3 is 19.2 Å². The van der Waals surface area contributed by atoms with Gasteiger partial charge in [0.1, 0.15) is 5.75 Å². The predicted molar refractivity (Wildman–Crippen MR) is 91.7 cm³/mol. The number of ether oxygens (including phenoxy) is 1. The van der Waals surface area contributed by atoms with E-state index in [2.05, 4.69) is 0 Å². The van der Waals surface area contributed by atoms with Crippen molar-refractivity contribution in [3.8, 4) is 5.75 Å². The Morgan fingerprint density at radius 1 is 1.24 bits per heavy atom. The molecule has 1 aliphatic rings. The quantitative estimate of drug-likeness (QED) is 0.756. The molecule has 132 valence electrons. The van der Waals surface area contributed by atoms with Gasteiger partial charge in [0.25, 0.3) is 0 Å². The molecule has 0 radical (unpaired) electrons. The molecule has 0 aromatic heterocycles. The second-order valence-electron chi connectivity index (χ2n) is 5.74. The first kappa shape index (κ1) is 17.7. The molecule has 2 aromatic carbocycles. The highest BCUT2D eigenvalue weighted by Crippen LogP contribution is 2.57. The molecule has 1 aliphatic heterocycles. The minimum atomic E-state index is -3.52. The van der Waals surface area contributed by atoms with Crippen LogP contribution < -0.4 is 15.1 Å². The molecular weight excluding hydrogens is 341 g/mol. The maximum absolute atomic E-state index is 13.7. The molecule has 1 saturated heterocycles. The largest absolute Gasteiger partial charge is 0.549 e. The van der Waals surface area contributed by atoms with E-state index in [1.54, 1.807) is 31.4 Å². The number of carboxylic acid groups (broad SMARTS) is 1. The Labute approximate surface area is 146 Å². The van der Waals surface area contributed by atoms with Crippen LogP contribution in [0.15, 0.2) is 54.6 Å². The van der Waals surface area contributed by atoms with Gasteiger partial charge in [-0.2, -0.15) is 0 Å². The van der Waals surface area contributed by atoms with Gasteiger partial charge in [0, 0.05) is 12.6 Å². The summed E-state index contributed by atoms with van der Waals surface area (Å²) in [6.45, 7) is -0.185. The lowest BCUT2D eigenvalue weighted by atomic mass is 10.0. The average Bonchev–Trinajstić information content (AvgIpc) is 2.64. The number of benzene rings is 2. The van der Waals surface area contributed by atoms with Crippen LogP contribution in [0.2, 0.25) is 0 Å². The zero-order chi connectivity index (χ0) is 17.9. The highest BCUT2D eigenvalue weighted by molar-refractivity contribution is 7.64. The monoisotopic (exact) mass is 360 g/mol. The summed E-state index contributed by atoms with van der Waals surface area (Å²) in [5.74, 6) is -0.668. The van der Waals surface area contributed by atoms with E-state index in [1.165, 1.54) is 4.67 Å². The molecule has 2 aromatic rings. The summed E-state index contributed by atoms with van der Waals surface area (Å²) in [5.41, 5.74) is 0.904. The van der Waals surface area contributed by atoms with E-state index < -0.39 is 20.0 Å². The molecule has 0 bridgehead atoms. The first-order valence-electron chi connectivity index (χ1n) is 7.96. The van der Waals surface area contributed by atoms with Crippen LogP contribution in [0.25, 0.3) is 0 Å². The molecule has 3 rings (SSSR count). The standard InChI is InChI=1S/C18H20NO5P/c1-23-15-7-9-16(10-8-15)25(22)19(13-18(20)21)17(11-12-24-25)14-5-3-2-4-6-14/h2-10,17H,11-13H2,1H3,(H,20,21)/p-1. The summed E-state index contributed by atoms with van der Waals surface area (Å²) in [6, 6.07) is 15.8. The molecule has 25 heavy (non-hydrogen) atoms. The van der Waals surface area contributed by atoms with Crippen LogP contribution in [0.1, 0.15) is 18.0 Å². The number of nitrogens with zero attached hydrogens (tertiary/aromatic N) is 1. The van der Waals surface area contributed by atoms with Gasteiger partial charge in [-0.1, -0.05) is 30.3 Å². The van der Waals surface area contributed by atoms with E-state index in [4.69, 9.17) is 9.26 Å². The van der Waals surface area contributed by atoms with E-state index in [0.717, 1.165) is 5.56 Å². The van der Waals surface area contributed by atoms with Crippen LogP contribution >= 0.6 is 7.52 Å². The van der Waals surface area contributed by atoms with Crippen LogP contribution in [0, 0.1) is 0 Å². The smallest absolute Gasteiger partial charge is 0.303 e. The van der Waals surface area contributed by atoms with Crippen molar-refractivity contribution in [1.29, 1.82) is 0 Å². The third-order valence-electron chi connectivity index (χ3n) is 4.23. The van der Waals surface area contributed by atoms with Gasteiger partial charge in [-0.15, -0.1) is 0 Å². The van der Waals surface area contributed by atoms with Gasteiger partial charge in [-0.3, -0.25) is 4.57 Å². The van der Waals surface area contributed by atoms with Crippen LogP contribution in [-0.4, -0.2) is 30.9 Å². The Hall–Kier alpha value is -2.14. The van der Waals surface area contributed by atoms with Gasteiger partial charge in [-0.25, -0.2) is 4.67 Å². The Kier molecular flexibility index (Phi) is 5.23. The summed E-state index contributed by atoms with van der Waals surface area (Å²) in [7, 11) is -1.98. The first-order chi connectivity index (χ1) is 12.0. The summed E-state index contributed by atoms with van der Waals surface area (Å²) in [6.07, 6.45) is 0.553. The normalized spacial score (nSPS) is 24.0. The molecule has 2 atom stereocenters. The molecule has 7 heteroatoms. The highest BCUT2D eigenvalue weighted by Gasteiger charge is 2.42. The lowest BCUT2D eigenvalue weighted by Crippen LogP contribution is -2.43. The topological polar surface area (TPSA) is 78.9 Å². The Balaban J connectivity index is 2.03. The number of hydrogen-bond acceptors (Lipinski definition) is 5. The van der Waals surface area contributed by atoms with E-state index in [9.17, 15) is 14.5 Å². The Morgan fingerprint density at radius 3 is 2.52 bits per heavy atom. The van der Waals surface area contributed by atoms with Crippen molar-refractivity contribution < 1.29 is 23.7 Å². The van der Waals surface area contributed by atoms with Crippen LogP contribution in [0.5, 0.6) is 5.75 Å². The molecule has 0 spiro atoms. The lowest BCUT2D eigenvalue weighted by Gasteiger charge is -2.41. The second kappa shape index (κ2) is 7.40. The van der Waals surface area contributed by atoms with Crippen LogP contribution in [-0.2, 0) is 13.9 Å². The number of carbonyl (C=O) groups excluding carboxylic acids is 1. The average molecular weight is 360 g/mol. The number of methoxy groups -OCH3 is 1. The van der Waals surface area contributed by atoms with E-state index in [1.807, 2.05) is 30.3 Å². The van der Waals surface area contributed by atoms with Crippen LogP contribution in [0.4, 0.5) is 0 Å². The number of carbonyl (C=O) groups is 1. The molecule has 2 unspecified atom stereocenters. The fraction of sp³-hybridized carbons (Fsp3) is 0.278. The fourth-order valence-electron chi connectivity index (χ4n) is 3.04. The van der Waals surface area contributed by atoms with Crippen LogP contribution in [0.3, 0.4) is 0 Å². The van der Waals surface area contributed by atoms with Gasteiger partial charge in [-0.05, 0) is 36.2 Å². The molecule has 0 N–H and O–H groups in total. The van der Waals surface area contributed by atoms with Gasteiger partial charge >= 0.3 is 7.52 Å². The number of rotatable bonds is 5. The molecule has 6 nitrogen and oxygen atoms in total. The maximum atomic E-state index is 13.7.